The fourth-order valence-corrected chi connectivity index (χ4v) is 3.08. The molecule has 0 spiro atoms. The second-order valence-corrected chi connectivity index (χ2v) is 5.09. The van der Waals surface area contributed by atoms with Gasteiger partial charge in [0.25, 0.3) is 5.91 Å². The Hall–Kier alpha value is -1.36. The van der Waals surface area contributed by atoms with E-state index in [-0.39, 0.29) is 5.91 Å². The van der Waals surface area contributed by atoms with Crippen molar-refractivity contribution in [3.8, 4) is 0 Å². The van der Waals surface area contributed by atoms with Crippen molar-refractivity contribution < 1.29 is 4.79 Å². The number of carbonyl (C=O) groups excluding carboxylic acids is 1. The number of aromatic nitrogens is 2. The molecule has 0 unspecified atom stereocenters. The molecule has 0 saturated carbocycles. The summed E-state index contributed by atoms with van der Waals surface area (Å²) in [7, 11) is 2.14. The maximum absolute atomic E-state index is 12.4. The summed E-state index contributed by atoms with van der Waals surface area (Å²) in [6.07, 6.45) is 6.70. The largest absolute Gasteiger partial charge is 0.341 e. The van der Waals surface area contributed by atoms with Crippen molar-refractivity contribution in [1.29, 1.82) is 0 Å². The van der Waals surface area contributed by atoms with Crippen LogP contribution in [0.15, 0.2) is 12.4 Å². The SMILES string of the molecule is CN1CC[C@H]2CC[C@@H](C1)N2C(=O)c1ncc[nH]1. The van der Waals surface area contributed by atoms with Crippen LogP contribution in [0.4, 0.5) is 0 Å². The van der Waals surface area contributed by atoms with Crippen molar-refractivity contribution in [2.45, 2.75) is 31.3 Å². The molecule has 2 bridgehead atoms. The average Bonchev–Trinajstić information content (AvgIpc) is 2.90. The van der Waals surface area contributed by atoms with Gasteiger partial charge in [-0.25, -0.2) is 4.98 Å². The fourth-order valence-electron chi connectivity index (χ4n) is 3.08. The van der Waals surface area contributed by atoms with E-state index in [1.807, 2.05) is 0 Å². The lowest BCUT2D eigenvalue weighted by molar-refractivity contribution is 0.0662. The van der Waals surface area contributed by atoms with Crippen molar-refractivity contribution in [3.05, 3.63) is 18.2 Å². The average molecular weight is 234 g/mol. The number of aromatic amines is 1. The lowest BCUT2D eigenvalue weighted by Gasteiger charge is -2.27. The first-order valence-electron chi connectivity index (χ1n) is 6.26. The molecule has 5 heteroatoms. The monoisotopic (exact) mass is 234 g/mol. The Kier molecular flexibility index (Phi) is 2.63. The van der Waals surface area contributed by atoms with Crippen LogP contribution in [-0.4, -0.2) is 57.9 Å². The highest BCUT2D eigenvalue weighted by atomic mass is 16.2. The van der Waals surface area contributed by atoms with E-state index < -0.39 is 0 Å². The van der Waals surface area contributed by atoms with Crippen LogP contribution in [0.3, 0.4) is 0 Å². The van der Waals surface area contributed by atoms with Gasteiger partial charge in [-0.05, 0) is 32.9 Å². The minimum atomic E-state index is 0.0674. The Morgan fingerprint density at radius 1 is 1.41 bits per heavy atom. The molecule has 5 nitrogen and oxygen atoms in total. The van der Waals surface area contributed by atoms with Crippen LogP contribution in [-0.2, 0) is 0 Å². The van der Waals surface area contributed by atoms with Crippen LogP contribution in [0.25, 0.3) is 0 Å². The number of carbonyl (C=O) groups is 1. The van der Waals surface area contributed by atoms with Crippen molar-refractivity contribution in [1.82, 2.24) is 19.8 Å². The normalized spacial score (nSPS) is 29.4. The van der Waals surface area contributed by atoms with E-state index in [0.29, 0.717) is 17.9 Å². The maximum atomic E-state index is 12.4. The molecular formula is C12H18N4O. The van der Waals surface area contributed by atoms with Gasteiger partial charge in [-0.15, -0.1) is 0 Å². The number of likely N-dealkylation sites (N-methyl/N-ethyl adjacent to an activating group) is 1. The number of H-pyrrole nitrogens is 1. The third kappa shape index (κ3) is 1.84. The van der Waals surface area contributed by atoms with Gasteiger partial charge in [0.15, 0.2) is 5.82 Å². The van der Waals surface area contributed by atoms with E-state index in [1.54, 1.807) is 12.4 Å². The number of nitrogens with one attached hydrogen (secondary N) is 1. The number of fused-ring (bicyclic) bond motifs is 2. The lowest BCUT2D eigenvalue weighted by Crippen LogP contribution is -2.43. The molecule has 2 aliphatic heterocycles. The Morgan fingerprint density at radius 3 is 3.00 bits per heavy atom. The topological polar surface area (TPSA) is 52.2 Å². The number of imidazole rings is 1. The molecule has 1 aromatic rings. The van der Waals surface area contributed by atoms with Gasteiger partial charge in [0.1, 0.15) is 0 Å². The summed E-state index contributed by atoms with van der Waals surface area (Å²) in [5, 5.41) is 0. The molecule has 0 aromatic carbocycles. The second-order valence-electron chi connectivity index (χ2n) is 5.09. The predicted octanol–water partition coefficient (Wildman–Crippen LogP) is 0.718. The number of rotatable bonds is 1. The zero-order valence-electron chi connectivity index (χ0n) is 10.1. The summed E-state index contributed by atoms with van der Waals surface area (Å²) in [5.74, 6) is 0.546. The molecular weight excluding hydrogens is 216 g/mol. The molecule has 17 heavy (non-hydrogen) atoms. The smallest absolute Gasteiger partial charge is 0.290 e. The lowest BCUT2D eigenvalue weighted by atomic mass is 10.1. The molecule has 1 amide bonds. The minimum absolute atomic E-state index is 0.0674. The summed E-state index contributed by atoms with van der Waals surface area (Å²) in [4.78, 5) is 23.8. The van der Waals surface area contributed by atoms with Crippen LogP contribution in [0, 0.1) is 0 Å². The molecule has 3 rings (SSSR count). The highest BCUT2D eigenvalue weighted by Crippen LogP contribution is 2.30. The fraction of sp³-hybridized carbons (Fsp3) is 0.667. The van der Waals surface area contributed by atoms with E-state index in [1.165, 1.54) is 0 Å². The van der Waals surface area contributed by atoms with Gasteiger partial charge in [0.05, 0.1) is 0 Å². The second kappa shape index (κ2) is 4.14. The van der Waals surface area contributed by atoms with Crippen LogP contribution in [0.2, 0.25) is 0 Å². The van der Waals surface area contributed by atoms with Crippen LogP contribution >= 0.6 is 0 Å². The van der Waals surface area contributed by atoms with Gasteiger partial charge in [-0.2, -0.15) is 0 Å². The Labute approximate surface area is 101 Å². The zero-order chi connectivity index (χ0) is 11.8. The van der Waals surface area contributed by atoms with Gasteiger partial charge in [-0.3, -0.25) is 4.79 Å². The number of hydrogen-bond acceptors (Lipinski definition) is 3. The van der Waals surface area contributed by atoms with E-state index >= 15 is 0 Å². The number of likely N-dealkylation sites (tertiary alicyclic amines) is 1. The standard InChI is InChI=1S/C12H18N4O/c1-15-7-4-9-2-3-10(8-15)16(9)12(17)11-13-5-6-14-11/h5-6,9-10H,2-4,7-8H2,1H3,(H,13,14)/t9-,10+/m1/s1. The van der Waals surface area contributed by atoms with Crippen molar-refractivity contribution in [2.75, 3.05) is 20.1 Å². The van der Waals surface area contributed by atoms with Crippen LogP contribution in [0.5, 0.6) is 0 Å². The van der Waals surface area contributed by atoms with E-state index in [9.17, 15) is 4.79 Å². The van der Waals surface area contributed by atoms with Gasteiger partial charge in [0, 0.05) is 31.0 Å². The summed E-state index contributed by atoms with van der Waals surface area (Å²) in [6.45, 7) is 2.08. The van der Waals surface area contributed by atoms with E-state index in [4.69, 9.17) is 0 Å². The summed E-state index contributed by atoms with van der Waals surface area (Å²) in [6, 6.07) is 0.771. The minimum Gasteiger partial charge on any atom is -0.341 e. The third-order valence-corrected chi connectivity index (χ3v) is 3.92. The van der Waals surface area contributed by atoms with E-state index in [2.05, 4.69) is 26.8 Å². The Bertz CT molecular complexity index is 403. The highest BCUT2D eigenvalue weighted by Gasteiger charge is 2.40. The molecule has 2 atom stereocenters. The summed E-state index contributed by atoms with van der Waals surface area (Å²) in [5.41, 5.74) is 0. The molecule has 0 radical (unpaired) electrons. The Balaban J connectivity index is 1.85. The van der Waals surface area contributed by atoms with Crippen molar-refractivity contribution in [2.24, 2.45) is 0 Å². The third-order valence-electron chi connectivity index (χ3n) is 3.92. The zero-order valence-corrected chi connectivity index (χ0v) is 10.1. The number of hydrogen-bond donors (Lipinski definition) is 1. The maximum Gasteiger partial charge on any atom is 0.290 e. The van der Waals surface area contributed by atoms with E-state index in [0.717, 1.165) is 32.4 Å². The molecule has 2 fully saturated rings. The Morgan fingerprint density at radius 2 is 2.24 bits per heavy atom. The number of amides is 1. The molecule has 2 aliphatic rings. The summed E-state index contributed by atoms with van der Waals surface area (Å²) < 4.78 is 0. The van der Waals surface area contributed by atoms with Crippen LogP contribution < -0.4 is 0 Å². The number of nitrogens with zero attached hydrogens (tertiary/aromatic N) is 3. The molecule has 92 valence electrons. The molecule has 0 aliphatic carbocycles. The summed E-state index contributed by atoms with van der Waals surface area (Å²) >= 11 is 0. The predicted molar refractivity (Wildman–Crippen MR) is 63.7 cm³/mol. The van der Waals surface area contributed by atoms with Gasteiger partial charge in [0.2, 0.25) is 0 Å². The first kappa shape index (κ1) is 10.8. The van der Waals surface area contributed by atoms with Crippen molar-refractivity contribution in [3.63, 3.8) is 0 Å². The first-order valence-corrected chi connectivity index (χ1v) is 6.26. The molecule has 2 saturated heterocycles. The van der Waals surface area contributed by atoms with Crippen molar-refractivity contribution >= 4 is 5.91 Å². The molecule has 3 heterocycles. The van der Waals surface area contributed by atoms with Gasteiger partial charge in [-0.1, -0.05) is 0 Å². The van der Waals surface area contributed by atoms with Gasteiger partial charge < -0.3 is 14.8 Å². The quantitative estimate of drug-likeness (QED) is 0.779. The molecule has 1 aromatic heterocycles. The first-order chi connectivity index (χ1) is 8.25. The van der Waals surface area contributed by atoms with Crippen LogP contribution in [0.1, 0.15) is 29.9 Å². The van der Waals surface area contributed by atoms with Gasteiger partial charge >= 0.3 is 0 Å². The highest BCUT2D eigenvalue weighted by molar-refractivity contribution is 5.91. The molecule has 1 N–H and O–H groups in total.